The van der Waals surface area contributed by atoms with Gasteiger partial charge in [-0.15, -0.1) is 0 Å². The van der Waals surface area contributed by atoms with E-state index < -0.39 is 0 Å². The first kappa shape index (κ1) is 14.1. The lowest BCUT2D eigenvalue weighted by Crippen LogP contribution is -2.03. The Bertz CT molecular complexity index is 558. The third-order valence-electron chi connectivity index (χ3n) is 2.49. The van der Waals surface area contributed by atoms with E-state index in [0.717, 1.165) is 5.75 Å². The predicted octanol–water partition coefficient (Wildman–Crippen LogP) is 2.40. The second kappa shape index (κ2) is 6.72. The van der Waals surface area contributed by atoms with E-state index in [9.17, 15) is 0 Å². The Hall–Kier alpha value is -2.34. The van der Waals surface area contributed by atoms with Gasteiger partial charge in [0.1, 0.15) is 23.9 Å². The van der Waals surface area contributed by atoms with Crippen LogP contribution in [-0.4, -0.2) is 23.7 Å². The third-order valence-corrected chi connectivity index (χ3v) is 2.49. The molecule has 106 valence electrons. The average Bonchev–Trinajstić information content (AvgIpc) is 2.45. The van der Waals surface area contributed by atoms with Crippen LogP contribution in [0.4, 0.5) is 5.82 Å². The lowest BCUT2D eigenvalue weighted by Gasteiger charge is -2.08. The van der Waals surface area contributed by atoms with Gasteiger partial charge in [0.05, 0.1) is 7.11 Å². The third kappa shape index (κ3) is 3.83. The van der Waals surface area contributed by atoms with E-state index in [0.29, 0.717) is 36.5 Å². The fourth-order valence-electron chi connectivity index (χ4n) is 1.57. The van der Waals surface area contributed by atoms with E-state index in [1.54, 1.807) is 37.4 Å². The topological polar surface area (TPSA) is 79.5 Å². The number of anilines is 1. The maximum absolute atomic E-state index is 5.72. The van der Waals surface area contributed by atoms with Crippen molar-refractivity contribution in [1.29, 1.82) is 0 Å². The summed E-state index contributed by atoms with van der Waals surface area (Å²) in [5.74, 6) is 2.63. The number of benzene rings is 1. The standard InChI is InChI=1S/C14H17N3O3/c1-3-19-9-13-16-12(15)8-14(17-13)20-11-6-4-10(18-2)5-7-11/h4-8H,3,9H2,1-2H3,(H2,15,16,17). The van der Waals surface area contributed by atoms with Gasteiger partial charge in [0.2, 0.25) is 5.88 Å². The van der Waals surface area contributed by atoms with E-state index in [-0.39, 0.29) is 0 Å². The zero-order valence-corrected chi connectivity index (χ0v) is 11.5. The van der Waals surface area contributed by atoms with Crippen LogP contribution in [0.1, 0.15) is 12.7 Å². The highest BCUT2D eigenvalue weighted by Crippen LogP contribution is 2.23. The first-order chi connectivity index (χ1) is 9.71. The summed E-state index contributed by atoms with van der Waals surface area (Å²) in [6, 6.07) is 8.76. The number of nitrogen functional groups attached to an aromatic ring is 1. The molecule has 0 aliphatic heterocycles. The van der Waals surface area contributed by atoms with Gasteiger partial charge in [-0.3, -0.25) is 0 Å². The molecule has 2 rings (SSSR count). The number of rotatable bonds is 6. The molecule has 0 aliphatic rings. The van der Waals surface area contributed by atoms with Crippen LogP contribution in [0, 0.1) is 0 Å². The van der Waals surface area contributed by atoms with Crippen molar-refractivity contribution in [3.8, 4) is 17.4 Å². The fraction of sp³-hybridized carbons (Fsp3) is 0.286. The van der Waals surface area contributed by atoms with Crippen molar-refractivity contribution in [3.05, 3.63) is 36.2 Å². The van der Waals surface area contributed by atoms with Crippen LogP contribution in [-0.2, 0) is 11.3 Å². The SMILES string of the molecule is CCOCc1nc(N)cc(Oc2ccc(OC)cc2)n1. The molecule has 0 spiro atoms. The Balaban J connectivity index is 2.12. The van der Waals surface area contributed by atoms with Gasteiger partial charge in [0.15, 0.2) is 5.82 Å². The average molecular weight is 275 g/mol. The Morgan fingerprint density at radius 2 is 1.80 bits per heavy atom. The summed E-state index contributed by atoms with van der Waals surface area (Å²) in [4.78, 5) is 8.32. The summed E-state index contributed by atoms with van der Waals surface area (Å²) in [6.45, 7) is 2.80. The molecule has 0 saturated carbocycles. The number of hydrogen-bond donors (Lipinski definition) is 1. The van der Waals surface area contributed by atoms with E-state index in [4.69, 9.17) is 19.9 Å². The lowest BCUT2D eigenvalue weighted by molar-refractivity contribution is 0.128. The smallest absolute Gasteiger partial charge is 0.224 e. The molecular formula is C14H17N3O3. The van der Waals surface area contributed by atoms with Crippen molar-refractivity contribution in [2.45, 2.75) is 13.5 Å². The molecule has 6 heteroatoms. The second-order valence-electron chi connectivity index (χ2n) is 3.96. The Kier molecular flexibility index (Phi) is 4.73. The van der Waals surface area contributed by atoms with Gasteiger partial charge in [-0.2, -0.15) is 4.98 Å². The molecule has 0 bridgehead atoms. The normalized spacial score (nSPS) is 10.3. The summed E-state index contributed by atoms with van der Waals surface area (Å²) < 4.78 is 16.0. The molecule has 0 aliphatic carbocycles. The summed E-state index contributed by atoms with van der Waals surface area (Å²) in [7, 11) is 1.61. The number of nitrogens with zero attached hydrogens (tertiary/aromatic N) is 2. The minimum Gasteiger partial charge on any atom is -0.497 e. The molecule has 20 heavy (non-hydrogen) atoms. The van der Waals surface area contributed by atoms with Crippen molar-refractivity contribution < 1.29 is 14.2 Å². The van der Waals surface area contributed by atoms with Gasteiger partial charge >= 0.3 is 0 Å². The van der Waals surface area contributed by atoms with Crippen LogP contribution in [0.5, 0.6) is 17.4 Å². The number of nitrogens with two attached hydrogens (primary N) is 1. The quantitative estimate of drug-likeness (QED) is 0.872. The number of methoxy groups -OCH3 is 1. The number of hydrogen-bond acceptors (Lipinski definition) is 6. The van der Waals surface area contributed by atoms with Gasteiger partial charge < -0.3 is 19.9 Å². The Morgan fingerprint density at radius 3 is 2.45 bits per heavy atom. The molecule has 1 heterocycles. The summed E-state index contributed by atoms with van der Waals surface area (Å²) in [5, 5.41) is 0. The second-order valence-corrected chi connectivity index (χ2v) is 3.96. The zero-order chi connectivity index (χ0) is 14.4. The molecule has 2 aromatic rings. The highest BCUT2D eigenvalue weighted by molar-refractivity contribution is 5.37. The van der Waals surface area contributed by atoms with Gasteiger partial charge in [-0.1, -0.05) is 0 Å². The molecule has 0 unspecified atom stereocenters. The van der Waals surface area contributed by atoms with Crippen LogP contribution in [0.25, 0.3) is 0 Å². The van der Waals surface area contributed by atoms with E-state index in [1.165, 1.54) is 0 Å². The van der Waals surface area contributed by atoms with E-state index >= 15 is 0 Å². The molecule has 6 nitrogen and oxygen atoms in total. The minimum absolute atomic E-state index is 0.306. The van der Waals surface area contributed by atoms with Crippen LogP contribution in [0.2, 0.25) is 0 Å². The van der Waals surface area contributed by atoms with Gasteiger partial charge in [-0.25, -0.2) is 4.98 Å². The van der Waals surface area contributed by atoms with Gasteiger partial charge in [-0.05, 0) is 31.2 Å². The lowest BCUT2D eigenvalue weighted by atomic mass is 10.3. The Labute approximate surface area is 117 Å². The summed E-state index contributed by atoms with van der Waals surface area (Å²) in [6.07, 6.45) is 0. The molecule has 0 radical (unpaired) electrons. The molecule has 0 saturated heterocycles. The molecule has 0 fully saturated rings. The monoisotopic (exact) mass is 275 g/mol. The van der Waals surface area contributed by atoms with Crippen LogP contribution in [0.15, 0.2) is 30.3 Å². The highest BCUT2D eigenvalue weighted by atomic mass is 16.5. The zero-order valence-electron chi connectivity index (χ0n) is 11.5. The fourth-order valence-corrected chi connectivity index (χ4v) is 1.57. The van der Waals surface area contributed by atoms with Crippen molar-refractivity contribution in [2.24, 2.45) is 0 Å². The first-order valence-corrected chi connectivity index (χ1v) is 6.24. The van der Waals surface area contributed by atoms with E-state index in [2.05, 4.69) is 9.97 Å². The largest absolute Gasteiger partial charge is 0.497 e. The summed E-state index contributed by atoms with van der Waals surface area (Å²) in [5.41, 5.74) is 5.72. The van der Waals surface area contributed by atoms with Crippen molar-refractivity contribution in [3.63, 3.8) is 0 Å². The van der Waals surface area contributed by atoms with Crippen LogP contribution < -0.4 is 15.2 Å². The van der Waals surface area contributed by atoms with Crippen molar-refractivity contribution >= 4 is 5.82 Å². The Morgan fingerprint density at radius 1 is 1.10 bits per heavy atom. The maximum Gasteiger partial charge on any atom is 0.224 e. The molecule has 0 amide bonds. The number of aromatic nitrogens is 2. The van der Waals surface area contributed by atoms with Gasteiger partial charge in [0.25, 0.3) is 0 Å². The van der Waals surface area contributed by atoms with Crippen molar-refractivity contribution in [1.82, 2.24) is 9.97 Å². The molecule has 0 atom stereocenters. The maximum atomic E-state index is 5.72. The first-order valence-electron chi connectivity index (χ1n) is 6.24. The molecule has 2 N–H and O–H groups in total. The molecule has 1 aromatic carbocycles. The van der Waals surface area contributed by atoms with Crippen molar-refractivity contribution in [2.75, 3.05) is 19.5 Å². The predicted molar refractivity (Wildman–Crippen MR) is 74.8 cm³/mol. The number of ether oxygens (including phenoxy) is 3. The molecule has 1 aromatic heterocycles. The van der Waals surface area contributed by atoms with Gasteiger partial charge in [0, 0.05) is 12.7 Å². The summed E-state index contributed by atoms with van der Waals surface area (Å²) >= 11 is 0. The van der Waals surface area contributed by atoms with E-state index in [1.807, 2.05) is 6.92 Å². The highest BCUT2D eigenvalue weighted by Gasteiger charge is 2.05. The van der Waals surface area contributed by atoms with Crippen LogP contribution >= 0.6 is 0 Å². The molecular weight excluding hydrogens is 258 g/mol. The van der Waals surface area contributed by atoms with Crippen LogP contribution in [0.3, 0.4) is 0 Å². The minimum atomic E-state index is 0.306.